The van der Waals surface area contributed by atoms with E-state index in [9.17, 15) is 0 Å². The predicted molar refractivity (Wildman–Crippen MR) is 69.0 cm³/mol. The quantitative estimate of drug-likeness (QED) is 0.908. The van der Waals surface area contributed by atoms with Gasteiger partial charge >= 0.3 is 0 Å². The van der Waals surface area contributed by atoms with Gasteiger partial charge in [-0.3, -0.25) is 9.67 Å². The molecule has 0 fully saturated rings. The fourth-order valence-corrected chi connectivity index (χ4v) is 2.13. The van der Waals surface area contributed by atoms with Crippen molar-refractivity contribution in [1.82, 2.24) is 14.8 Å². The number of aromatic nitrogens is 3. The van der Waals surface area contributed by atoms with E-state index in [1.54, 1.807) is 17.1 Å². The summed E-state index contributed by atoms with van der Waals surface area (Å²) in [7, 11) is 1.84. The SMILES string of the molecule is Cc1nn(C)c(Cl)c1CCc1cnccc1N. The van der Waals surface area contributed by atoms with E-state index in [2.05, 4.69) is 10.1 Å². The van der Waals surface area contributed by atoms with Crippen molar-refractivity contribution < 1.29 is 0 Å². The minimum absolute atomic E-state index is 0.699. The third-order valence-corrected chi connectivity index (χ3v) is 3.33. The summed E-state index contributed by atoms with van der Waals surface area (Å²) in [5, 5.41) is 4.98. The van der Waals surface area contributed by atoms with Crippen LogP contribution in [-0.2, 0) is 19.9 Å². The van der Waals surface area contributed by atoms with Gasteiger partial charge in [-0.25, -0.2) is 0 Å². The molecule has 0 aliphatic heterocycles. The van der Waals surface area contributed by atoms with Gasteiger partial charge in [-0.15, -0.1) is 0 Å². The number of anilines is 1. The first-order chi connectivity index (χ1) is 8.09. The largest absolute Gasteiger partial charge is 0.398 e. The average Bonchev–Trinajstić information content (AvgIpc) is 2.53. The second-order valence-corrected chi connectivity index (χ2v) is 4.41. The van der Waals surface area contributed by atoms with E-state index in [0.29, 0.717) is 5.15 Å². The second-order valence-electron chi connectivity index (χ2n) is 4.05. The Hall–Kier alpha value is -1.55. The number of hydrogen-bond acceptors (Lipinski definition) is 3. The van der Waals surface area contributed by atoms with Gasteiger partial charge in [-0.2, -0.15) is 5.10 Å². The summed E-state index contributed by atoms with van der Waals surface area (Å²) in [5.74, 6) is 0. The van der Waals surface area contributed by atoms with Crippen molar-refractivity contribution in [2.24, 2.45) is 7.05 Å². The van der Waals surface area contributed by atoms with Crippen molar-refractivity contribution in [1.29, 1.82) is 0 Å². The van der Waals surface area contributed by atoms with Crippen molar-refractivity contribution in [3.05, 3.63) is 40.4 Å². The Balaban J connectivity index is 2.15. The minimum atomic E-state index is 0.699. The van der Waals surface area contributed by atoms with Crippen LogP contribution < -0.4 is 5.73 Å². The number of hydrogen-bond donors (Lipinski definition) is 1. The zero-order valence-electron chi connectivity index (χ0n) is 9.94. The zero-order chi connectivity index (χ0) is 12.4. The minimum Gasteiger partial charge on any atom is -0.398 e. The van der Waals surface area contributed by atoms with Crippen molar-refractivity contribution in [2.75, 3.05) is 5.73 Å². The summed E-state index contributed by atoms with van der Waals surface area (Å²) in [6, 6.07) is 1.81. The highest BCUT2D eigenvalue weighted by Gasteiger charge is 2.11. The Bertz CT molecular complexity index is 533. The normalized spacial score (nSPS) is 10.8. The van der Waals surface area contributed by atoms with E-state index in [0.717, 1.165) is 35.3 Å². The first kappa shape index (κ1) is 11.9. The molecule has 2 aromatic rings. The number of halogens is 1. The zero-order valence-corrected chi connectivity index (χ0v) is 10.7. The maximum absolute atomic E-state index is 6.17. The highest BCUT2D eigenvalue weighted by atomic mass is 35.5. The van der Waals surface area contributed by atoms with Crippen LogP contribution in [0.1, 0.15) is 16.8 Å². The van der Waals surface area contributed by atoms with Crippen LogP contribution in [0.3, 0.4) is 0 Å². The standard InChI is InChI=1S/C12H15ClN4/c1-8-10(12(13)17(2)16-8)4-3-9-7-15-6-5-11(9)14/h5-7H,3-4H2,1-2H3,(H2,14,15). The molecule has 0 bridgehead atoms. The molecule has 0 aromatic carbocycles. The molecule has 17 heavy (non-hydrogen) atoms. The molecule has 2 heterocycles. The van der Waals surface area contributed by atoms with E-state index in [-0.39, 0.29) is 0 Å². The number of nitrogen functional groups attached to an aromatic ring is 1. The Morgan fingerprint density at radius 2 is 2.18 bits per heavy atom. The van der Waals surface area contributed by atoms with Crippen LogP contribution in [0.2, 0.25) is 5.15 Å². The van der Waals surface area contributed by atoms with Crippen molar-refractivity contribution in [3.8, 4) is 0 Å². The highest BCUT2D eigenvalue weighted by Crippen LogP contribution is 2.21. The molecule has 0 amide bonds. The summed E-state index contributed by atoms with van der Waals surface area (Å²) in [6.45, 7) is 1.97. The molecular formula is C12H15ClN4. The van der Waals surface area contributed by atoms with Crippen LogP contribution >= 0.6 is 11.6 Å². The molecular weight excluding hydrogens is 236 g/mol. The molecule has 2 aromatic heterocycles. The Morgan fingerprint density at radius 1 is 1.41 bits per heavy atom. The molecule has 0 aliphatic rings. The lowest BCUT2D eigenvalue weighted by molar-refractivity contribution is 0.757. The van der Waals surface area contributed by atoms with Crippen LogP contribution in [0.5, 0.6) is 0 Å². The molecule has 0 saturated carbocycles. The van der Waals surface area contributed by atoms with Gasteiger partial charge in [-0.1, -0.05) is 11.6 Å². The molecule has 2 N–H and O–H groups in total. The first-order valence-corrected chi connectivity index (χ1v) is 5.83. The number of rotatable bonds is 3. The van der Waals surface area contributed by atoms with Gasteiger partial charge in [0, 0.05) is 30.7 Å². The summed E-state index contributed by atoms with van der Waals surface area (Å²) in [4.78, 5) is 4.07. The van der Waals surface area contributed by atoms with Crippen LogP contribution in [-0.4, -0.2) is 14.8 Å². The van der Waals surface area contributed by atoms with Gasteiger partial charge in [0.25, 0.3) is 0 Å². The molecule has 0 atom stereocenters. The molecule has 0 saturated heterocycles. The molecule has 2 rings (SSSR count). The molecule has 90 valence electrons. The lowest BCUT2D eigenvalue weighted by atomic mass is 10.1. The maximum Gasteiger partial charge on any atom is 0.130 e. The maximum atomic E-state index is 6.17. The van der Waals surface area contributed by atoms with E-state index in [1.165, 1.54) is 0 Å². The lowest BCUT2D eigenvalue weighted by Crippen LogP contribution is -1.98. The number of nitrogens with two attached hydrogens (primary N) is 1. The van der Waals surface area contributed by atoms with Crippen molar-refractivity contribution >= 4 is 17.3 Å². The molecule has 0 spiro atoms. The third kappa shape index (κ3) is 2.42. The van der Waals surface area contributed by atoms with Gasteiger partial charge in [0.1, 0.15) is 5.15 Å². The monoisotopic (exact) mass is 250 g/mol. The highest BCUT2D eigenvalue weighted by molar-refractivity contribution is 6.30. The molecule has 5 heteroatoms. The summed E-state index contributed by atoms with van der Waals surface area (Å²) >= 11 is 6.17. The van der Waals surface area contributed by atoms with Gasteiger partial charge in [0.15, 0.2) is 0 Å². The van der Waals surface area contributed by atoms with Crippen LogP contribution in [0.15, 0.2) is 18.5 Å². The van der Waals surface area contributed by atoms with E-state index >= 15 is 0 Å². The third-order valence-electron chi connectivity index (χ3n) is 2.86. The van der Waals surface area contributed by atoms with Gasteiger partial charge in [-0.05, 0) is 31.4 Å². The van der Waals surface area contributed by atoms with Gasteiger partial charge in [0.05, 0.1) is 5.69 Å². The number of aryl methyl sites for hydroxylation is 3. The van der Waals surface area contributed by atoms with E-state index in [4.69, 9.17) is 17.3 Å². The Morgan fingerprint density at radius 3 is 2.76 bits per heavy atom. The Kier molecular flexibility index (Phi) is 3.33. The summed E-state index contributed by atoms with van der Waals surface area (Å²) in [6.07, 6.45) is 5.15. The molecule has 4 nitrogen and oxygen atoms in total. The molecule has 0 unspecified atom stereocenters. The first-order valence-electron chi connectivity index (χ1n) is 5.46. The molecule has 0 aliphatic carbocycles. The summed E-state index contributed by atoms with van der Waals surface area (Å²) in [5.41, 5.74) is 9.75. The van der Waals surface area contributed by atoms with Gasteiger partial charge in [0.2, 0.25) is 0 Å². The van der Waals surface area contributed by atoms with E-state index in [1.807, 2.05) is 20.0 Å². The second kappa shape index (κ2) is 4.75. The summed E-state index contributed by atoms with van der Waals surface area (Å²) < 4.78 is 1.69. The number of pyridine rings is 1. The smallest absolute Gasteiger partial charge is 0.130 e. The fourth-order valence-electron chi connectivity index (χ4n) is 1.86. The molecule has 0 radical (unpaired) electrons. The fraction of sp³-hybridized carbons (Fsp3) is 0.333. The van der Waals surface area contributed by atoms with Crippen LogP contribution in [0, 0.1) is 6.92 Å². The van der Waals surface area contributed by atoms with Crippen LogP contribution in [0.25, 0.3) is 0 Å². The number of nitrogens with zero attached hydrogens (tertiary/aromatic N) is 3. The van der Waals surface area contributed by atoms with Gasteiger partial charge < -0.3 is 5.73 Å². The van der Waals surface area contributed by atoms with Crippen molar-refractivity contribution in [3.63, 3.8) is 0 Å². The predicted octanol–water partition coefficient (Wildman–Crippen LogP) is 2.14. The van der Waals surface area contributed by atoms with E-state index < -0.39 is 0 Å². The average molecular weight is 251 g/mol. The lowest BCUT2D eigenvalue weighted by Gasteiger charge is -2.04. The van der Waals surface area contributed by atoms with Crippen molar-refractivity contribution in [2.45, 2.75) is 19.8 Å². The topological polar surface area (TPSA) is 56.7 Å². The Labute approximate surface area is 105 Å². The van der Waals surface area contributed by atoms with Crippen LogP contribution in [0.4, 0.5) is 5.69 Å².